The van der Waals surface area contributed by atoms with E-state index in [1.54, 1.807) is 11.3 Å². The van der Waals surface area contributed by atoms with Crippen LogP contribution in [-0.2, 0) is 0 Å². The summed E-state index contributed by atoms with van der Waals surface area (Å²) in [5, 5.41) is 7.12. The van der Waals surface area contributed by atoms with E-state index >= 15 is 0 Å². The van der Waals surface area contributed by atoms with Gasteiger partial charge in [0, 0.05) is 42.4 Å². The number of hydrogen-bond acceptors (Lipinski definition) is 4. The first-order valence-electron chi connectivity index (χ1n) is 19.2. The van der Waals surface area contributed by atoms with Gasteiger partial charge in [-0.1, -0.05) is 176 Å². The van der Waals surface area contributed by atoms with Gasteiger partial charge in [0.1, 0.15) is 0 Å². The van der Waals surface area contributed by atoms with Crippen LogP contribution in [0.5, 0.6) is 0 Å². The summed E-state index contributed by atoms with van der Waals surface area (Å²) in [6.45, 7) is 0. The zero-order chi connectivity index (χ0) is 37.7. The molecule has 0 aliphatic carbocycles. The van der Waals surface area contributed by atoms with E-state index in [9.17, 15) is 0 Å². The van der Waals surface area contributed by atoms with Crippen molar-refractivity contribution >= 4 is 53.1 Å². The molecule has 0 atom stereocenters. The second-order valence-corrected chi connectivity index (χ2v) is 15.4. The van der Waals surface area contributed by atoms with Crippen LogP contribution in [0.3, 0.4) is 0 Å². The molecule has 9 aromatic carbocycles. The third kappa shape index (κ3) is 5.78. The molecule has 0 radical (unpaired) electrons. The van der Waals surface area contributed by atoms with Crippen LogP contribution in [0.25, 0.3) is 109 Å². The van der Waals surface area contributed by atoms with Crippen LogP contribution < -0.4 is 0 Å². The highest BCUT2D eigenvalue weighted by molar-refractivity contribution is 7.25. The van der Waals surface area contributed by atoms with Crippen molar-refractivity contribution in [2.45, 2.75) is 0 Å². The lowest BCUT2D eigenvalue weighted by molar-refractivity contribution is 1.08. The number of benzene rings is 9. The van der Waals surface area contributed by atoms with Crippen LogP contribution in [0.1, 0.15) is 0 Å². The number of thiophene rings is 1. The number of fused-ring (bicyclic) bond motifs is 5. The van der Waals surface area contributed by atoms with Crippen molar-refractivity contribution in [3.8, 4) is 67.5 Å². The van der Waals surface area contributed by atoms with Gasteiger partial charge in [0.05, 0.1) is 0 Å². The summed E-state index contributed by atoms with van der Waals surface area (Å²) in [6.07, 6.45) is 0. The van der Waals surface area contributed by atoms with Gasteiger partial charge in [0.25, 0.3) is 0 Å². The van der Waals surface area contributed by atoms with Crippen LogP contribution in [0.4, 0.5) is 0 Å². The van der Waals surface area contributed by atoms with Crippen LogP contribution in [-0.4, -0.2) is 15.0 Å². The van der Waals surface area contributed by atoms with Gasteiger partial charge in [-0.2, -0.15) is 0 Å². The van der Waals surface area contributed by atoms with E-state index in [1.165, 1.54) is 47.5 Å². The molecule has 11 aromatic rings. The maximum atomic E-state index is 5.37. The van der Waals surface area contributed by atoms with E-state index in [0.717, 1.165) is 44.3 Å². The van der Waals surface area contributed by atoms with Crippen LogP contribution in [0.2, 0.25) is 0 Å². The van der Waals surface area contributed by atoms with Crippen LogP contribution in [0.15, 0.2) is 200 Å². The lowest BCUT2D eigenvalue weighted by Crippen LogP contribution is -2.02. The van der Waals surface area contributed by atoms with Gasteiger partial charge in [0.2, 0.25) is 0 Å². The van der Waals surface area contributed by atoms with Crippen molar-refractivity contribution in [1.29, 1.82) is 0 Å². The predicted molar refractivity (Wildman–Crippen MR) is 240 cm³/mol. The summed E-state index contributed by atoms with van der Waals surface area (Å²) in [7, 11) is 0. The highest BCUT2D eigenvalue weighted by Gasteiger charge is 2.20. The Balaban J connectivity index is 1.15. The molecule has 0 amide bonds. The van der Waals surface area contributed by atoms with E-state index in [4.69, 9.17) is 15.0 Å². The highest BCUT2D eigenvalue weighted by Crippen LogP contribution is 2.42. The summed E-state index contributed by atoms with van der Waals surface area (Å²) in [5.74, 6) is 1.92. The lowest BCUT2D eigenvalue weighted by atomic mass is 9.91. The number of hydrogen-bond donors (Lipinski definition) is 0. The van der Waals surface area contributed by atoms with Crippen molar-refractivity contribution in [2.75, 3.05) is 0 Å². The summed E-state index contributed by atoms with van der Waals surface area (Å²) < 4.78 is 2.45. The Labute approximate surface area is 334 Å². The molecule has 2 heterocycles. The SMILES string of the molecule is c1ccc(-c2c(-c3nc(-c4cccc(-c5ccc(-c6ccccc6)c6ccccc56)c4)nc(-c4cccc5sc6ccccc6c45)n3)ccc3ccccc23)cc1. The minimum Gasteiger partial charge on any atom is -0.208 e. The standard InChI is InChI=1S/C53H33N3S/c1-3-15-34(16-4-1)39-31-32-40(43-24-10-9-23-42(39)43)37-20-13-21-38(33-37)51-54-52(45-26-14-28-48-50(45)44-25-11-12-27-47(44)57-48)56-53(55-51)46-30-29-35-17-7-8-22-41(35)49(46)36-18-5-2-6-19-36/h1-33H. The van der Waals surface area contributed by atoms with Gasteiger partial charge in [0.15, 0.2) is 17.5 Å². The smallest absolute Gasteiger partial charge is 0.164 e. The first-order chi connectivity index (χ1) is 28.3. The van der Waals surface area contributed by atoms with E-state index in [0.29, 0.717) is 17.5 Å². The molecule has 11 rings (SSSR count). The van der Waals surface area contributed by atoms with Gasteiger partial charge >= 0.3 is 0 Å². The minimum absolute atomic E-state index is 0.630. The fraction of sp³-hybridized carbons (Fsp3) is 0. The third-order valence-electron chi connectivity index (χ3n) is 11.0. The average molecular weight is 744 g/mol. The highest BCUT2D eigenvalue weighted by atomic mass is 32.1. The molecule has 0 saturated carbocycles. The molecule has 0 saturated heterocycles. The van der Waals surface area contributed by atoms with Crippen molar-refractivity contribution in [1.82, 2.24) is 15.0 Å². The summed E-state index contributed by atoms with van der Waals surface area (Å²) in [4.78, 5) is 16.1. The van der Waals surface area contributed by atoms with Gasteiger partial charge in [-0.15, -0.1) is 11.3 Å². The molecule has 0 unspecified atom stereocenters. The van der Waals surface area contributed by atoms with Gasteiger partial charge in [-0.25, -0.2) is 15.0 Å². The molecule has 4 heteroatoms. The number of aromatic nitrogens is 3. The Bertz CT molecular complexity index is 3300. The Morgan fingerprint density at radius 1 is 0.298 bits per heavy atom. The Kier molecular flexibility index (Phi) is 8.01. The monoisotopic (exact) mass is 743 g/mol. The zero-order valence-corrected chi connectivity index (χ0v) is 31.6. The summed E-state index contributed by atoms with van der Waals surface area (Å²) in [6, 6.07) is 71.0. The second-order valence-electron chi connectivity index (χ2n) is 14.3. The lowest BCUT2D eigenvalue weighted by Gasteiger charge is -2.15. The largest absolute Gasteiger partial charge is 0.208 e. The molecule has 3 nitrogen and oxygen atoms in total. The molecular formula is C53H33N3S. The zero-order valence-electron chi connectivity index (χ0n) is 30.8. The van der Waals surface area contributed by atoms with E-state index < -0.39 is 0 Å². The first kappa shape index (κ1) is 33.1. The van der Waals surface area contributed by atoms with Gasteiger partial charge in [-0.3, -0.25) is 0 Å². The van der Waals surface area contributed by atoms with Gasteiger partial charge in [-0.05, 0) is 73.6 Å². The van der Waals surface area contributed by atoms with Crippen LogP contribution >= 0.6 is 11.3 Å². The van der Waals surface area contributed by atoms with Crippen molar-refractivity contribution in [3.05, 3.63) is 200 Å². The quantitative estimate of drug-likeness (QED) is 0.170. The maximum Gasteiger partial charge on any atom is 0.164 e. The van der Waals surface area contributed by atoms with Crippen molar-refractivity contribution in [2.24, 2.45) is 0 Å². The maximum absolute atomic E-state index is 5.37. The van der Waals surface area contributed by atoms with E-state index in [-0.39, 0.29) is 0 Å². The van der Waals surface area contributed by atoms with Crippen molar-refractivity contribution < 1.29 is 0 Å². The molecule has 266 valence electrons. The minimum atomic E-state index is 0.630. The fourth-order valence-corrected chi connectivity index (χ4v) is 9.46. The predicted octanol–water partition coefficient (Wildman–Crippen LogP) is 14.5. The molecule has 0 N–H and O–H groups in total. The Morgan fingerprint density at radius 3 is 1.60 bits per heavy atom. The molecule has 0 aliphatic rings. The fourth-order valence-electron chi connectivity index (χ4n) is 8.33. The van der Waals surface area contributed by atoms with Crippen LogP contribution in [0, 0.1) is 0 Å². The average Bonchev–Trinajstić information content (AvgIpc) is 3.68. The molecule has 0 fully saturated rings. The van der Waals surface area contributed by atoms with E-state index in [2.05, 4.69) is 200 Å². The first-order valence-corrected chi connectivity index (χ1v) is 20.0. The topological polar surface area (TPSA) is 38.7 Å². The van der Waals surface area contributed by atoms with Crippen molar-refractivity contribution in [3.63, 3.8) is 0 Å². The molecule has 0 bridgehead atoms. The Hall–Kier alpha value is -7.27. The molecule has 0 aliphatic heterocycles. The Morgan fingerprint density at radius 2 is 0.825 bits per heavy atom. The normalized spacial score (nSPS) is 11.5. The summed E-state index contributed by atoms with van der Waals surface area (Å²) >= 11 is 1.80. The second kappa shape index (κ2) is 13.8. The van der Waals surface area contributed by atoms with E-state index in [1.807, 2.05) is 0 Å². The number of nitrogens with zero attached hydrogens (tertiary/aromatic N) is 3. The summed E-state index contributed by atoms with van der Waals surface area (Å²) in [5.41, 5.74) is 9.81. The third-order valence-corrected chi connectivity index (χ3v) is 12.1. The molecule has 57 heavy (non-hydrogen) atoms. The van der Waals surface area contributed by atoms with Gasteiger partial charge < -0.3 is 0 Å². The molecule has 0 spiro atoms. The molecular weight excluding hydrogens is 711 g/mol. The molecule has 2 aromatic heterocycles. The number of rotatable bonds is 6.